The molecular formula is C25H25ClN2O4. The van der Waals surface area contributed by atoms with Crippen LogP contribution in [0, 0.1) is 0 Å². The maximum atomic E-state index is 12.8. The molecule has 0 fully saturated rings. The minimum absolute atomic E-state index is 0.126. The number of ether oxygens (including phenoxy) is 2. The lowest BCUT2D eigenvalue weighted by molar-refractivity contribution is -0.123. The Morgan fingerprint density at radius 3 is 2.12 bits per heavy atom. The van der Waals surface area contributed by atoms with Crippen molar-refractivity contribution in [2.24, 2.45) is 0 Å². The lowest BCUT2D eigenvalue weighted by atomic mass is 10.1. The standard InChI is InChI=1S/C25H25ClN2O4/c26-21-11-13-22(14-12-21)31-16-15-27-24(29)23(17-19-7-3-1-4-8-19)28-25(30)32-18-20-9-5-2-6-10-20/h1-14,23H,15-18H2,(H,27,29)(H,28,30). The molecule has 0 aliphatic rings. The highest BCUT2D eigenvalue weighted by molar-refractivity contribution is 6.30. The van der Waals surface area contributed by atoms with Crippen molar-refractivity contribution in [1.29, 1.82) is 0 Å². The number of alkyl carbamates (subject to hydrolysis) is 1. The second-order valence-corrected chi connectivity index (χ2v) is 7.48. The second kappa shape index (κ2) is 12.4. The van der Waals surface area contributed by atoms with Crippen molar-refractivity contribution in [3.8, 4) is 5.75 Å². The smallest absolute Gasteiger partial charge is 0.408 e. The Labute approximate surface area is 192 Å². The van der Waals surface area contributed by atoms with Gasteiger partial charge in [-0.15, -0.1) is 0 Å². The van der Waals surface area contributed by atoms with Crippen molar-refractivity contribution in [1.82, 2.24) is 10.6 Å². The highest BCUT2D eigenvalue weighted by Crippen LogP contribution is 2.15. The number of hydrogen-bond donors (Lipinski definition) is 2. The van der Waals surface area contributed by atoms with E-state index in [1.807, 2.05) is 60.7 Å². The van der Waals surface area contributed by atoms with Gasteiger partial charge < -0.3 is 20.1 Å². The zero-order valence-corrected chi connectivity index (χ0v) is 18.3. The van der Waals surface area contributed by atoms with Gasteiger partial charge in [0.1, 0.15) is 25.0 Å². The van der Waals surface area contributed by atoms with E-state index in [4.69, 9.17) is 21.1 Å². The van der Waals surface area contributed by atoms with Crippen molar-refractivity contribution >= 4 is 23.6 Å². The molecule has 0 spiro atoms. The Morgan fingerprint density at radius 1 is 0.844 bits per heavy atom. The van der Waals surface area contributed by atoms with E-state index in [-0.39, 0.29) is 25.7 Å². The van der Waals surface area contributed by atoms with Gasteiger partial charge in [0, 0.05) is 11.4 Å². The maximum Gasteiger partial charge on any atom is 0.408 e. The number of carbonyl (C=O) groups excluding carboxylic acids is 2. The van der Waals surface area contributed by atoms with Gasteiger partial charge in [0.25, 0.3) is 0 Å². The summed E-state index contributed by atoms with van der Waals surface area (Å²) in [6.07, 6.45) is -0.312. The third kappa shape index (κ3) is 7.96. The SMILES string of the molecule is O=C(NC(Cc1ccccc1)C(=O)NCCOc1ccc(Cl)cc1)OCc1ccccc1. The summed E-state index contributed by atoms with van der Waals surface area (Å²) in [5, 5.41) is 6.10. The lowest BCUT2D eigenvalue weighted by Crippen LogP contribution is -2.48. The molecule has 1 unspecified atom stereocenters. The summed E-state index contributed by atoms with van der Waals surface area (Å²) in [6.45, 7) is 0.693. The van der Waals surface area contributed by atoms with E-state index in [0.29, 0.717) is 17.2 Å². The van der Waals surface area contributed by atoms with Crippen molar-refractivity contribution in [2.45, 2.75) is 19.1 Å². The molecule has 0 radical (unpaired) electrons. The summed E-state index contributed by atoms with van der Waals surface area (Å²) in [4.78, 5) is 25.1. The highest BCUT2D eigenvalue weighted by atomic mass is 35.5. The van der Waals surface area contributed by atoms with E-state index >= 15 is 0 Å². The molecule has 2 amide bonds. The minimum Gasteiger partial charge on any atom is -0.492 e. The van der Waals surface area contributed by atoms with Gasteiger partial charge in [-0.05, 0) is 35.4 Å². The van der Waals surface area contributed by atoms with Crippen LogP contribution in [0.2, 0.25) is 5.02 Å². The highest BCUT2D eigenvalue weighted by Gasteiger charge is 2.21. The monoisotopic (exact) mass is 452 g/mol. The van der Waals surface area contributed by atoms with Crippen LogP contribution >= 0.6 is 11.6 Å². The van der Waals surface area contributed by atoms with Gasteiger partial charge in [-0.25, -0.2) is 4.79 Å². The molecule has 0 heterocycles. The number of benzene rings is 3. The fourth-order valence-electron chi connectivity index (χ4n) is 2.96. The fraction of sp³-hybridized carbons (Fsp3) is 0.200. The van der Waals surface area contributed by atoms with Crippen LogP contribution in [-0.2, 0) is 22.6 Å². The van der Waals surface area contributed by atoms with Gasteiger partial charge in [-0.2, -0.15) is 0 Å². The molecule has 6 nitrogen and oxygen atoms in total. The van der Waals surface area contributed by atoms with Crippen molar-refractivity contribution < 1.29 is 19.1 Å². The van der Waals surface area contributed by atoms with Crippen molar-refractivity contribution in [3.63, 3.8) is 0 Å². The van der Waals surface area contributed by atoms with Crippen LogP contribution in [0.4, 0.5) is 4.79 Å². The van der Waals surface area contributed by atoms with Gasteiger partial charge in [0.15, 0.2) is 0 Å². The van der Waals surface area contributed by atoms with Crippen LogP contribution in [0.3, 0.4) is 0 Å². The summed E-state index contributed by atoms with van der Waals surface area (Å²) < 4.78 is 10.9. The molecule has 7 heteroatoms. The number of carbonyl (C=O) groups is 2. The summed E-state index contributed by atoms with van der Waals surface area (Å²) >= 11 is 5.86. The number of halogens is 1. The molecule has 0 aromatic heterocycles. The van der Waals surface area contributed by atoms with Crippen LogP contribution in [0.1, 0.15) is 11.1 Å². The molecule has 3 aromatic rings. The van der Waals surface area contributed by atoms with Crippen LogP contribution in [0.5, 0.6) is 5.75 Å². The zero-order chi connectivity index (χ0) is 22.6. The Hall–Kier alpha value is -3.51. The molecule has 3 aromatic carbocycles. The Balaban J connectivity index is 1.51. The topological polar surface area (TPSA) is 76.7 Å². The fourth-order valence-corrected chi connectivity index (χ4v) is 3.09. The van der Waals surface area contributed by atoms with E-state index in [9.17, 15) is 9.59 Å². The first-order valence-electron chi connectivity index (χ1n) is 10.3. The Kier molecular flexibility index (Phi) is 8.95. The van der Waals surface area contributed by atoms with Gasteiger partial charge in [-0.3, -0.25) is 4.79 Å². The molecule has 166 valence electrons. The molecule has 2 N–H and O–H groups in total. The summed E-state index contributed by atoms with van der Waals surface area (Å²) in [6, 6.07) is 25.0. The third-order valence-corrected chi connectivity index (χ3v) is 4.84. The van der Waals surface area contributed by atoms with E-state index in [0.717, 1.165) is 11.1 Å². The largest absolute Gasteiger partial charge is 0.492 e. The molecule has 0 bridgehead atoms. The molecule has 3 rings (SSSR count). The second-order valence-electron chi connectivity index (χ2n) is 7.04. The molecule has 0 aliphatic carbocycles. The van der Waals surface area contributed by atoms with Gasteiger partial charge in [-0.1, -0.05) is 72.3 Å². The van der Waals surface area contributed by atoms with Crippen LogP contribution < -0.4 is 15.4 Å². The predicted octanol–water partition coefficient (Wildman–Crippen LogP) is 4.37. The number of nitrogens with one attached hydrogen (secondary N) is 2. The predicted molar refractivity (Wildman–Crippen MR) is 124 cm³/mol. The average molecular weight is 453 g/mol. The summed E-state index contributed by atoms with van der Waals surface area (Å²) in [5.74, 6) is 0.345. The Bertz CT molecular complexity index is 982. The number of hydrogen-bond acceptors (Lipinski definition) is 4. The summed E-state index contributed by atoms with van der Waals surface area (Å²) in [7, 11) is 0. The number of rotatable bonds is 10. The van der Waals surface area contributed by atoms with E-state index in [1.54, 1.807) is 24.3 Å². The molecule has 1 atom stereocenters. The first kappa shape index (κ1) is 23.2. The first-order valence-corrected chi connectivity index (χ1v) is 10.6. The maximum absolute atomic E-state index is 12.8. The van der Waals surface area contributed by atoms with Gasteiger partial charge in [0.05, 0.1) is 6.54 Å². The van der Waals surface area contributed by atoms with Crippen LogP contribution in [0.15, 0.2) is 84.9 Å². The third-order valence-electron chi connectivity index (χ3n) is 4.59. The number of amides is 2. The van der Waals surface area contributed by atoms with Crippen LogP contribution in [-0.4, -0.2) is 31.2 Å². The molecule has 0 aliphatic heterocycles. The van der Waals surface area contributed by atoms with E-state index in [1.165, 1.54) is 0 Å². The van der Waals surface area contributed by atoms with E-state index < -0.39 is 12.1 Å². The van der Waals surface area contributed by atoms with E-state index in [2.05, 4.69) is 10.6 Å². The molecule has 32 heavy (non-hydrogen) atoms. The van der Waals surface area contributed by atoms with Gasteiger partial charge >= 0.3 is 6.09 Å². The first-order chi connectivity index (χ1) is 15.6. The Morgan fingerprint density at radius 2 is 1.47 bits per heavy atom. The normalized spacial score (nSPS) is 11.3. The van der Waals surface area contributed by atoms with Crippen molar-refractivity contribution in [2.75, 3.05) is 13.2 Å². The lowest BCUT2D eigenvalue weighted by Gasteiger charge is -2.19. The van der Waals surface area contributed by atoms with Crippen LogP contribution in [0.25, 0.3) is 0 Å². The molecule has 0 saturated heterocycles. The zero-order valence-electron chi connectivity index (χ0n) is 17.5. The summed E-state index contributed by atoms with van der Waals surface area (Å²) in [5.41, 5.74) is 1.79. The van der Waals surface area contributed by atoms with Gasteiger partial charge in [0.2, 0.25) is 5.91 Å². The quantitative estimate of drug-likeness (QED) is 0.448. The molecular weight excluding hydrogens is 428 g/mol. The average Bonchev–Trinajstić information content (AvgIpc) is 2.82. The van der Waals surface area contributed by atoms with Crippen molar-refractivity contribution in [3.05, 3.63) is 101 Å². The molecule has 0 saturated carbocycles. The minimum atomic E-state index is -0.781.